The van der Waals surface area contributed by atoms with E-state index in [2.05, 4.69) is 6.92 Å². The third-order valence-corrected chi connectivity index (χ3v) is 4.33. The van der Waals surface area contributed by atoms with Crippen molar-refractivity contribution in [2.75, 3.05) is 26.4 Å². The number of ether oxygens (including phenoxy) is 3. The van der Waals surface area contributed by atoms with Gasteiger partial charge >= 0.3 is 0 Å². The molecule has 1 aromatic rings. The SMILES string of the molecule is CCOCC(=O)N(C1CC1)[C@@H](C)c1ccc2c(c1)OCCCO2. The van der Waals surface area contributed by atoms with Gasteiger partial charge in [0.2, 0.25) is 5.91 Å². The minimum Gasteiger partial charge on any atom is -0.490 e. The molecule has 1 atom stereocenters. The zero-order valence-corrected chi connectivity index (χ0v) is 13.9. The van der Waals surface area contributed by atoms with E-state index in [0.717, 1.165) is 36.3 Å². The third-order valence-electron chi connectivity index (χ3n) is 4.33. The average molecular weight is 319 g/mol. The second-order valence-electron chi connectivity index (χ2n) is 6.10. The first-order chi connectivity index (χ1) is 11.2. The molecule has 1 amide bonds. The zero-order chi connectivity index (χ0) is 16.2. The molecule has 0 saturated heterocycles. The summed E-state index contributed by atoms with van der Waals surface area (Å²) in [7, 11) is 0. The molecule has 0 radical (unpaired) electrons. The van der Waals surface area contributed by atoms with Crippen molar-refractivity contribution in [3.63, 3.8) is 0 Å². The van der Waals surface area contributed by atoms with Crippen molar-refractivity contribution < 1.29 is 19.0 Å². The molecule has 1 aliphatic heterocycles. The maximum Gasteiger partial charge on any atom is 0.249 e. The maximum atomic E-state index is 12.5. The van der Waals surface area contributed by atoms with Gasteiger partial charge < -0.3 is 19.1 Å². The van der Waals surface area contributed by atoms with Crippen LogP contribution in [0, 0.1) is 0 Å². The van der Waals surface area contributed by atoms with Crippen molar-refractivity contribution in [1.82, 2.24) is 4.90 Å². The van der Waals surface area contributed by atoms with Gasteiger partial charge in [0.05, 0.1) is 19.3 Å². The molecule has 2 aliphatic rings. The number of carbonyl (C=O) groups excluding carboxylic acids is 1. The summed E-state index contributed by atoms with van der Waals surface area (Å²) >= 11 is 0. The van der Waals surface area contributed by atoms with E-state index in [1.807, 2.05) is 30.0 Å². The van der Waals surface area contributed by atoms with Crippen LogP contribution in [-0.4, -0.2) is 43.3 Å². The molecule has 1 heterocycles. The van der Waals surface area contributed by atoms with Gasteiger partial charge in [-0.2, -0.15) is 0 Å². The molecule has 1 aromatic carbocycles. The second kappa shape index (κ2) is 7.21. The normalized spacial score (nSPS) is 18.2. The first-order valence-corrected chi connectivity index (χ1v) is 8.49. The molecule has 1 fully saturated rings. The monoisotopic (exact) mass is 319 g/mol. The van der Waals surface area contributed by atoms with Crippen LogP contribution in [0.15, 0.2) is 18.2 Å². The Kier molecular flexibility index (Phi) is 5.06. The first kappa shape index (κ1) is 16.1. The molecule has 5 nitrogen and oxygen atoms in total. The number of amides is 1. The van der Waals surface area contributed by atoms with Crippen molar-refractivity contribution in [2.24, 2.45) is 0 Å². The second-order valence-corrected chi connectivity index (χ2v) is 6.10. The summed E-state index contributed by atoms with van der Waals surface area (Å²) in [5, 5.41) is 0. The molecule has 3 rings (SSSR count). The molecule has 0 unspecified atom stereocenters. The summed E-state index contributed by atoms with van der Waals surface area (Å²) < 4.78 is 16.8. The lowest BCUT2D eigenvalue weighted by Gasteiger charge is -2.30. The van der Waals surface area contributed by atoms with Crippen molar-refractivity contribution in [3.8, 4) is 11.5 Å². The van der Waals surface area contributed by atoms with Gasteiger partial charge in [0.1, 0.15) is 6.61 Å². The summed E-state index contributed by atoms with van der Waals surface area (Å²) in [5.74, 6) is 1.63. The molecule has 126 valence electrons. The van der Waals surface area contributed by atoms with Crippen LogP contribution in [0.2, 0.25) is 0 Å². The number of benzene rings is 1. The van der Waals surface area contributed by atoms with Gasteiger partial charge in [0.15, 0.2) is 11.5 Å². The molecule has 1 saturated carbocycles. The quantitative estimate of drug-likeness (QED) is 0.809. The Morgan fingerprint density at radius 2 is 2.04 bits per heavy atom. The number of fused-ring (bicyclic) bond motifs is 1. The van der Waals surface area contributed by atoms with E-state index in [-0.39, 0.29) is 18.6 Å². The lowest BCUT2D eigenvalue weighted by molar-refractivity contribution is -0.138. The van der Waals surface area contributed by atoms with Crippen LogP contribution < -0.4 is 9.47 Å². The number of hydrogen-bond acceptors (Lipinski definition) is 4. The van der Waals surface area contributed by atoms with Gasteiger partial charge in [0, 0.05) is 19.1 Å². The van der Waals surface area contributed by atoms with Gasteiger partial charge in [-0.3, -0.25) is 4.79 Å². The Bertz CT molecular complexity index is 556. The van der Waals surface area contributed by atoms with Crippen LogP contribution in [-0.2, 0) is 9.53 Å². The van der Waals surface area contributed by atoms with E-state index in [1.54, 1.807) is 0 Å². The van der Waals surface area contributed by atoms with Gasteiger partial charge in [-0.1, -0.05) is 6.07 Å². The maximum absolute atomic E-state index is 12.5. The van der Waals surface area contributed by atoms with Crippen molar-refractivity contribution in [2.45, 2.75) is 45.2 Å². The highest BCUT2D eigenvalue weighted by atomic mass is 16.5. The standard InChI is InChI=1S/C18H25NO4/c1-3-21-12-18(20)19(15-6-7-15)13(2)14-5-8-16-17(11-14)23-10-4-9-22-16/h5,8,11,13,15H,3-4,6-7,9-10,12H2,1-2H3/t13-/m0/s1. The summed E-state index contributed by atoms with van der Waals surface area (Å²) in [6.45, 7) is 6.04. The largest absolute Gasteiger partial charge is 0.490 e. The smallest absolute Gasteiger partial charge is 0.249 e. The summed E-state index contributed by atoms with van der Waals surface area (Å²) in [6, 6.07) is 6.34. The fraction of sp³-hybridized carbons (Fsp3) is 0.611. The molecule has 0 N–H and O–H groups in total. The number of rotatable bonds is 6. The highest BCUT2D eigenvalue weighted by Crippen LogP contribution is 2.38. The zero-order valence-electron chi connectivity index (χ0n) is 13.9. The van der Waals surface area contributed by atoms with Crippen molar-refractivity contribution >= 4 is 5.91 Å². The first-order valence-electron chi connectivity index (χ1n) is 8.49. The van der Waals surface area contributed by atoms with Crippen LogP contribution in [0.3, 0.4) is 0 Å². The Morgan fingerprint density at radius 3 is 2.74 bits per heavy atom. The molecular weight excluding hydrogens is 294 g/mol. The van der Waals surface area contributed by atoms with Gasteiger partial charge in [0.25, 0.3) is 0 Å². The highest BCUT2D eigenvalue weighted by Gasteiger charge is 2.36. The van der Waals surface area contributed by atoms with Crippen LogP contribution in [0.1, 0.15) is 44.7 Å². The molecule has 23 heavy (non-hydrogen) atoms. The molecule has 5 heteroatoms. The lowest BCUT2D eigenvalue weighted by Crippen LogP contribution is -2.38. The lowest BCUT2D eigenvalue weighted by atomic mass is 10.1. The van der Waals surface area contributed by atoms with E-state index >= 15 is 0 Å². The fourth-order valence-corrected chi connectivity index (χ4v) is 2.95. The average Bonchev–Trinajstić information content (AvgIpc) is 3.39. The summed E-state index contributed by atoms with van der Waals surface area (Å²) in [4.78, 5) is 14.5. The van der Waals surface area contributed by atoms with Gasteiger partial charge in [-0.05, 0) is 44.4 Å². The topological polar surface area (TPSA) is 48.0 Å². The molecule has 0 spiro atoms. The Hall–Kier alpha value is -1.75. The minimum atomic E-state index is 0.00705. The van der Waals surface area contributed by atoms with E-state index in [1.165, 1.54) is 0 Å². The molecule has 0 aromatic heterocycles. The summed E-state index contributed by atoms with van der Waals surface area (Å²) in [5.41, 5.74) is 1.07. The van der Waals surface area contributed by atoms with Crippen LogP contribution in [0.25, 0.3) is 0 Å². The predicted octanol–water partition coefficient (Wildman–Crippen LogP) is 2.94. The molecule has 0 bridgehead atoms. The molecule has 1 aliphatic carbocycles. The van der Waals surface area contributed by atoms with Crippen LogP contribution >= 0.6 is 0 Å². The highest BCUT2D eigenvalue weighted by molar-refractivity contribution is 5.78. The molecular formula is C18H25NO4. The van der Waals surface area contributed by atoms with Crippen molar-refractivity contribution in [1.29, 1.82) is 0 Å². The number of carbonyl (C=O) groups is 1. The van der Waals surface area contributed by atoms with Crippen LogP contribution in [0.5, 0.6) is 11.5 Å². The van der Waals surface area contributed by atoms with Gasteiger partial charge in [-0.25, -0.2) is 0 Å². The fourth-order valence-electron chi connectivity index (χ4n) is 2.95. The Morgan fingerprint density at radius 1 is 1.30 bits per heavy atom. The van der Waals surface area contributed by atoms with E-state index < -0.39 is 0 Å². The summed E-state index contributed by atoms with van der Waals surface area (Å²) in [6.07, 6.45) is 3.04. The van der Waals surface area contributed by atoms with E-state index in [0.29, 0.717) is 25.9 Å². The van der Waals surface area contributed by atoms with E-state index in [9.17, 15) is 4.79 Å². The van der Waals surface area contributed by atoms with E-state index in [4.69, 9.17) is 14.2 Å². The predicted molar refractivity (Wildman–Crippen MR) is 86.8 cm³/mol. The number of nitrogens with zero attached hydrogens (tertiary/aromatic N) is 1. The van der Waals surface area contributed by atoms with Crippen LogP contribution in [0.4, 0.5) is 0 Å². The van der Waals surface area contributed by atoms with Gasteiger partial charge in [-0.15, -0.1) is 0 Å². The Balaban J connectivity index is 1.78. The van der Waals surface area contributed by atoms with Crippen molar-refractivity contribution in [3.05, 3.63) is 23.8 Å². The Labute approximate surface area is 137 Å². The third kappa shape index (κ3) is 3.78. The number of hydrogen-bond donors (Lipinski definition) is 0. The minimum absolute atomic E-state index is 0.00705.